The molecule has 3 N–H and O–H groups in total. The van der Waals surface area contributed by atoms with Crippen molar-refractivity contribution in [3.8, 4) is 11.5 Å². The summed E-state index contributed by atoms with van der Waals surface area (Å²) in [5, 5.41) is 2.62. The fraction of sp³-hybridized carbons (Fsp3) is 0.333. The maximum absolute atomic E-state index is 12.1. The van der Waals surface area contributed by atoms with Gasteiger partial charge in [0.2, 0.25) is 5.91 Å². The van der Waals surface area contributed by atoms with Crippen LogP contribution < -0.4 is 25.6 Å². The number of carbonyl (C=O) groups excluding carboxylic acids is 2. The molecule has 0 heterocycles. The largest absolute Gasteiger partial charge is 0.497 e. The highest BCUT2D eigenvalue weighted by molar-refractivity contribution is 5.97. The minimum absolute atomic E-state index is 0.233. The highest BCUT2D eigenvalue weighted by atomic mass is 16.5. The highest BCUT2D eigenvalue weighted by Gasteiger charge is 2.13. The van der Waals surface area contributed by atoms with E-state index in [-0.39, 0.29) is 11.8 Å². The maximum Gasteiger partial charge on any atom is 0.273 e. The van der Waals surface area contributed by atoms with Gasteiger partial charge in [-0.15, -0.1) is 0 Å². The first kappa shape index (κ1) is 17.4. The van der Waals surface area contributed by atoms with Crippen LogP contribution in [-0.2, 0) is 4.79 Å². The molecule has 0 spiro atoms. The van der Waals surface area contributed by atoms with E-state index < -0.39 is 0 Å². The molecule has 7 heteroatoms. The zero-order valence-corrected chi connectivity index (χ0v) is 13.1. The summed E-state index contributed by atoms with van der Waals surface area (Å²) in [6, 6.07) is 4.87. The molecule has 1 aromatic carbocycles. The number of ether oxygens (including phenoxy) is 2. The van der Waals surface area contributed by atoms with Gasteiger partial charge in [-0.05, 0) is 26.0 Å². The third kappa shape index (κ3) is 5.01. The standard InChI is InChI=1S/C15H21N3O4/c1-5-16-14(19)8-10(2)17-18-15(20)12-7-6-11(21-3)9-13(12)22-4/h6-9,17H,5H2,1-4H3,(H,16,19)(H,18,20). The van der Waals surface area contributed by atoms with Crippen molar-refractivity contribution in [2.75, 3.05) is 20.8 Å². The van der Waals surface area contributed by atoms with E-state index in [0.717, 1.165) is 0 Å². The smallest absolute Gasteiger partial charge is 0.273 e. The second-order valence-corrected chi connectivity index (χ2v) is 4.37. The monoisotopic (exact) mass is 307 g/mol. The molecule has 0 aliphatic rings. The predicted octanol–water partition coefficient (Wildman–Crippen LogP) is 0.978. The first-order valence-corrected chi connectivity index (χ1v) is 6.76. The second kappa shape index (κ2) is 8.56. The van der Waals surface area contributed by atoms with Crippen LogP contribution in [0.2, 0.25) is 0 Å². The molecule has 0 aliphatic heterocycles. The van der Waals surface area contributed by atoms with E-state index in [1.165, 1.54) is 20.3 Å². The highest BCUT2D eigenvalue weighted by Crippen LogP contribution is 2.24. The summed E-state index contributed by atoms with van der Waals surface area (Å²) in [4.78, 5) is 23.5. The average Bonchev–Trinajstić information content (AvgIpc) is 2.52. The molecule has 0 bridgehead atoms. The summed E-state index contributed by atoms with van der Waals surface area (Å²) < 4.78 is 10.2. The van der Waals surface area contributed by atoms with Gasteiger partial charge < -0.3 is 20.2 Å². The average molecular weight is 307 g/mol. The van der Waals surface area contributed by atoms with Crippen molar-refractivity contribution in [2.24, 2.45) is 0 Å². The normalized spacial score (nSPS) is 10.6. The molecule has 0 aliphatic carbocycles. The molecular weight excluding hydrogens is 286 g/mol. The van der Waals surface area contributed by atoms with Gasteiger partial charge in [0.05, 0.1) is 19.8 Å². The van der Waals surface area contributed by atoms with Gasteiger partial charge in [0.15, 0.2) is 0 Å². The van der Waals surface area contributed by atoms with Gasteiger partial charge in [0.1, 0.15) is 11.5 Å². The van der Waals surface area contributed by atoms with Crippen LogP contribution in [0.5, 0.6) is 11.5 Å². The summed E-state index contributed by atoms with van der Waals surface area (Å²) in [6.07, 6.45) is 1.36. The van der Waals surface area contributed by atoms with Gasteiger partial charge in [0, 0.05) is 24.4 Å². The SMILES string of the molecule is CCNC(=O)C=C(C)NNC(=O)c1ccc(OC)cc1OC. The van der Waals surface area contributed by atoms with E-state index in [1.807, 2.05) is 6.92 Å². The van der Waals surface area contributed by atoms with E-state index in [2.05, 4.69) is 16.2 Å². The molecular formula is C15H21N3O4. The third-order valence-corrected chi connectivity index (χ3v) is 2.73. The molecule has 0 fully saturated rings. The van der Waals surface area contributed by atoms with E-state index in [1.54, 1.807) is 25.1 Å². The Balaban J connectivity index is 2.71. The lowest BCUT2D eigenvalue weighted by Gasteiger charge is -2.12. The number of methoxy groups -OCH3 is 2. The predicted molar refractivity (Wildman–Crippen MR) is 82.6 cm³/mol. The Hall–Kier alpha value is -2.70. The summed E-state index contributed by atoms with van der Waals surface area (Å²) in [6.45, 7) is 4.03. The van der Waals surface area contributed by atoms with Gasteiger partial charge in [-0.3, -0.25) is 15.0 Å². The first-order valence-electron chi connectivity index (χ1n) is 6.76. The van der Waals surface area contributed by atoms with Crippen LogP contribution in [0.25, 0.3) is 0 Å². The van der Waals surface area contributed by atoms with Crippen LogP contribution >= 0.6 is 0 Å². The number of benzene rings is 1. The maximum atomic E-state index is 12.1. The van der Waals surface area contributed by atoms with Crippen molar-refractivity contribution >= 4 is 11.8 Å². The van der Waals surface area contributed by atoms with Crippen LogP contribution in [0.1, 0.15) is 24.2 Å². The molecule has 0 unspecified atom stereocenters. The fourth-order valence-electron chi connectivity index (χ4n) is 1.67. The molecule has 0 saturated carbocycles. The lowest BCUT2D eigenvalue weighted by atomic mass is 10.2. The Kier molecular flexibility index (Phi) is 6.75. The van der Waals surface area contributed by atoms with E-state index in [9.17, 15) is 9.59 Å². The molecule has 0 atom stereocenters. The van der Waals surface area contributed by atoms with Crippen molar-refractivity contribution in [2.45, 2.75) is 13.8 Å². The number of carbonyl (C=O) groups is 2. The van der Waals surface area contributed by atoms with Crippen LogP contribution in [-0.4, -0.2) is 32.6 Å². The molecule has 1 rings (SSSR count). The van der Waals surface area contributed by atoms with Crippen molar-refractivity contribution in [3.05, 3.63) is 35.5 Å². The minimum Gasteiger partial charge on any atom is -0.497 e. The number of hydrogen-bond acceptors (Lipinski definition) is 5. The minimum atomic E-state index is -0.386. The van der Waals surface area contributed by atoms with Crippen molar-refractivity contribution < 1.29 is 19.1 Å². The number of hydrogen-bond donors (Lipinski definition) is 3. The third-order valence-electron chi connectivity index (χ3n) is 2.73. The molecule has 22 heavy (non-hydrogen) atoms. The van der Waals surface area contributed by atoms with E-state index in [4.69, 9.17) is 9.47 Å². The van der Waals surface area contributed by atoms with Crippen LogP contribution in [0.3, 0.4) is 0 Å². The number of nitrogens with one attached hydrogen (secondary N) is 3. The molecule has 0 aromatic heterocycles. The summed E-state index contributed by atoms with van der Waals surface area (Å²) in [5.41, 5.74) is 6.02. The molecule has 120 valence electrons. The summed E-state index contributed by atoms with van der Waals surface area (Å²) >= 11 is 0. The van der Waals surface area contributed by atoms with Crippen molar-refractivity contribution in [3.63, 3.8) is 0 Å². The van der Waals surface area contributed by atoms with E-state index >= 15 is 0 Å². The van der Waals surface area contributed by atoms with Crippen LogP contribution in [0.15, 0.2) is 30.0 Å². The zero-order chi connectivity index (χ0) is 16.5. The van der Waals surface area contributed by atoms with Crippen molar-refractivity contribution in [1.29, 1.82) is 0 Å². The number of allylic oxidation sites excluding steroid dienone is 1. The Labute approximate surface area is 129 Å². The van der Waals surface area contributed by atoms with Gasteiger partial charge in [-0.2, -0.15) is 0 Å². The Morgan fingerprint density at radius 2 is 1.91 bits per heavy atom. The number of likely N-dealkylation sites (N-methyl/N-ethyl adjacent to an activating group) is 1. The van der Waals surface area contributed by atoms with Crippen LogP contribution in [0.4, 0.5) is 0 Å². The van der Waals surface area contributed by atoms with Crippen molar-refractivity contribution in [1.82, 2.24) is 16.2 Å². The molecule has 1 aromatic rings. The lowest BCUT2D eigenvalue weighted by Crippen LogP contribution is -2.37. The van der Waals surface area contributed by atoms with Crippen LogP contribution in [0, 0.1) is 0 Å². The zero-order valence-electron chi connectivity index (χ0n) is 13.1. The van der Waals surface area contributed by atoms with E-state index in [0.29, 0.717) is 29.3 Å². The number of rotatable bonds is 7. The summed E-state index contributed by atoms with van der Waals surface area (Å²) in [5.74, 6) is 0.365. The molecule has 0 radical (unpaired) electrons. The topological polar surface area (TPSA) is 88.7 Å². The molecule has 2 amide bonds. The molecule has 7 nitrogen and oxygen atoms in total. The summed E-state index contributed by atoms with van der Waals surface area (Å²) in [7, 11) is 3.00. The number of amides is 2. The van der Waals surface area contributed by atoms with Gasteiger partial charge in [0.25, 0.3) is 5.91 Å². The Morgan fingerprint density at radius 1 is 1.18 bits per heavy atom. The quantitative estimate of drug-likeness (QED) is 0.516. The fourth-order valence-corrected chi connectivity index (χ4v) is 1.67. The van der Waals surface area contributed by atoms with Gasteiger partial charge in [-0.1, -0.05) is 0 Å². The van der Waals surface area contributed by atoms with Gasteiger partial charge in [-0.25, -0.2) is 0 Å². The van der Waals surface area contributed by atoms with Gasteiger partial charge >= 0.3 is 0 Å². The Bertz CT molecular complexity index is 570. The first-order chi connectivity index (χ1) is 10.5. The second-order valence-electron chi connectivity index (χ2n) is 4.37. The lowest BCUT2D eigenvalue weighted by molar-refractivity contribution is -0.116. The Morgan fingerprint density at radius 3 is 2.50 bits per heavy atom. The molecule has 0 saturated heterocycles. The number of hydrazine groups is 1.